The molecule has 3 N–H and O–H groups in total. The Kier molecular flexibility index (Phi) is 7.86. The van der Waals surface area contributed by atoms with Crippen LogP contribution in [0.25, 0.3) is 11.2 Å². The third-order valence-corrected chi connectivity index (χ3v) is 7.51. The molecule has 0 aliphatic carbocycles. The van der Waals surface area contributed by atoms with Crippen molar-refractivity contribution in [3.05, 3.63) is 18.0 Å². The summed E-state index contributed by atoms with van der Waals surface area (Å²) in [4.78, 5) is 13.7. The number of ether oxygens (including phenoxy) is 1. The maximum atomic E-state index is 10.7. The third-order valence-electron chi connectivity index (χ3n) is 5.49. The first-order chi connectivity index (χ1) is 14.6. The summed E-state index contributed by atoms with van der Waals surface area (Å²) >= 11 is 1.43. The molecule has 1 fully saturated rings. The lowest BCUT2D eigenvalue weighted by Gasteiger charge is -2.18. The van der Waals surface area contributed by atoms with Crippen molar-refractivity contribution in [3.8, 4) is 0 Å². The zero-order valence-corrected chi connectivity index (χ0v) is 20.7. The van der Waals surface area contributed by atoms with Gasteiger partial charge in [0, 0.05) is 6.54 Å². The topological polar surface area (TPSA) is 105 Å². The molecule has 31 heavy (non-hydrogen) atoms. The quantitative estimate of drug-likeness (QED) is 0.224. The Morgan fingerprint density at radius 3 is 2.74 bits per heavy atom. The van der Waals surface area contributed by atoms with Gasteiger partial charge in [-0.25, -0.2) is 15.0 Å². The molecule has 2 aromatic rings. The molecule has 172 valence electrons. The highest BCUT2D eigenvalue weighted by Gasteiger charge is 2.44. The van der Waals surface area contributed by atoms with Crippen LogP contribution in [0.2, 0.25) is 0 Å². The molecule has 0 saturated carbocycles. The van der Waals surface area contributed by atoms with E-state index in [2.05, 4.69) is 59.8 Å². The minimum absolute atomic E-state index is 0.444. The molecule has 0 aromatic carbocycles. The zero-order chi connectivity index (χ0) is 22.8. The van der Waals surface area contributed by atoms with E-state index in [0.717, 1.165) is 12.6 Å². The van der Waals surface area contributed by atoms with Crippen molar-refractivity contribution in [2.24, 2.45) is 0 Å². The number of aliphatic hydroxyl groups excluding tert-OH is 2. The normalized spacial score (nSPS) is 24.8. The van der Waals surface area contributed by atoms with E-state index in [9.17, 15) is 10.2 Å². The molecule has 4 atom stereocenters. The van der Waals surface area contributed by atoms with E-state index in [4.69, 9.17) is 4.74 Å². The Bertz CT molecular complexity index is 989. The van der Waals surface area contributed by atoms with Crippen LogP contribution in [0.15, 0.2) is 23.1 Å². The number of rotatable bonds is 9. The van der Waals surface area contributed by atoms with Gasteiger partial charge in [-0.15, -0.1) is 13.2 Å². The number of nitrogens with one attached hydrogen (secondary N) is 1. The summed E-state index contributed by atoms with van der Waals surface area (Å²) in [6.45, 7) is 7.91. The smallest absolute Gasteiger partial charge is 0.191 e. The number of aliphatic hydroxyl groups is 2. The van der Waals surface area contributed by atoms with E-state index < -0.39 is 31.4 Å². The predicted molar refractivity (Wildman–Crippen MR) is 131 cm³/mol. The second-order valence-corrected chi connectivity index (χ2v) is 13.8. The van der Waals surface area contributed by atoms with Crippen molar-refractivity contribution in [3.63, 3.8) is 0 Å². The minimum atomic E-state index is -1.25. The fraction of sp³-hybridized carbons (Fsp3) is 0.619. The van der Waals surface area contributed by atoms with Gasteiger partial charge in [-0.05, 0) is 45.5 Å². The highest BCUT2D eigenvalue weighted by atomic mass is 32.2. The van der Waals surface area contributed by atoms with Gasteiger partial charge in [-0.1, -0.05) is 30.3 Å². The molecule has 0 amide bonds. The first kappa shape index (κ1) is 24.3. The van der Waals surface area contributed by atoms with Crippen molar-refractivity contribution in [2.45, 2.75) is 56.4 Å². The summed E-state index contributed by atoms with van der Waals surface area (Å²) in [6.07, 6.45) is 9.18. The zero-order valence-electron chi connectivity index (χ0n) is 18.9. The van der Waals surface area contributed by atoms with Crippen molar-refractivity contribution in [2.75, 3.05) is 37.6 Å². The first-order valence-electron chi connectivity index (χ1n) is 10.5. The van der Waals surface area contributed by atoms with Gasteiger partial charge in [0.2, 0.25) is 0 Å². The minimum Gasteiger partial charge on any atom is -0.388 e. The van der Waals surface area contributed by atoms with Crippen LogP contribution in [-0.4, -0.2) is 86.6 Å². The van der Waals surface area contributed by atoms with Gasteiger partial charge < -0.3 is 20.3 Å². The van der Waals surface area contributed by atoms with Crippen LogP contribution in [0.1, 0.15) is 32.9 Å². The standard InChI is InChI=1S/C21H34N5O3PS/c1-7-13(2)8-10-22-18-15-19(25-21(24-18)31-6)26(12-23-15)20-17(28)16(27)14(29-20)9-11-30(3,4)5/h8,12,14,16-17,20,27-28H,3,7,9-11H2,1-2,4-6H3,(H,22,24,25)/b13-8-/t14-,16-,17-,20-/m1/s1. The number of hydrogen-bond donors (Lipinski definition) is 3. The molecule has 0 radical (unpaired) electrons. The van der Waals surface area contributed by atoms with Gasteiger partial charge >= 0.3 is 0 Å². The molecule has 3 rings (SSSR count). The molecule has 0 bridgehead atoms. The lowest BCUT2D eigenvalue weighted by molar-refractivity contribution is -0.0353. The van der Waals surface area contributed by atoms with E-state index in [0.29, 0.717) is 35.1 Å². The largest absolute Gasteiger partial charge is 0.388 e. The first-order valence-corrected chi connectivity index (χ1v) is 14.8. The average molecular weight is 468 g/mol. The molecule has 0 unspecified atom stereocenters. The Balaban J connectivity index is 1.89. The number of hydrogen-bond acceptors (Lipinski definition) is 8. The SMILES string of the molecule is C=P(C)(C)CC[C@H]1O[C@@H](n2cnc3c(NC/C=C(/C)CC)nc(SC)nc32)[C@H](O)[C@@H]1O. The predicted octanol–water partition coefficient (Wildman–Crippen LogP) is 3.03. The summed E-state index contributed by atoms with van der Waals surface area (Å²) in [6, 6.07) is 0. The van der Waals surface area contributed by atoms with Gasteiger partial charge in [0.1, 0.15) is 12.2 Å². The van der Waals surface area contributed by atoms with Gasteiger partial charge in [0.25, 0.3) is 0 Å². The second kappa shape index (κ2) is 10.0. The van der Waals surface area contributed by atoms with Crippen molar-refractivity contribution in [1.29, 1.82) is 0 Å². The monoisotopic (exact) mass is 467 g/mol. The summed E-state index contributed by atoms with van der Waals surface area (Å²) in [7, 11) is 0. The molecular formula is C21H34N5O3PS. The van der Waals surface area contributed by atoms with Gasteiger partial charge in [-0.3, -0.25) is 4.57 Å². The lowest BCUT2D eigenvalue weighted by atomic mass is 10.1. The number of aromatic nitrogens is 4. The molecule has 1 saturated heterocycles. The number of thioether (sulfide) groups is 1. The van der Waals surface area contributed by atoms with Crippen LogP contribution in [0.4, 0.5) is 5.82 Å². The molecule has 2 aromatic heterocycles. The Morgan fingerprint density at radius 2 is 2.10 bits per heavy atom. The maximum Gasteiger partial charge on any atom is 0.191 e. The maximum absolute atomic E-state index is 10.7. The van der Waals surface area contributed by atoms with Crippen LogP contribution >= 0.6 is 18.6 Å². The number of imidazole rings is 1. The molecule has 3 heterocycles. The van der Waals surface area contributed by atoms with Crippen molar-refractivity contribution in [1.82, 2.24) is 19.5 Å². The lowest BCUT2D eigenvalue weighted by Crippen LogP contribution is -2.31. The van der Waals surface area contributed by atoms with Gasteiger partial charge in [0.05, 0.1) is 12.4 Å². The number of nitrogens with zero attached hydrogens (tertiary/aromatic N) is 4. The van der Waals surface area contributed by atoms with Crippen molar-refractivity contribution >= 4 is 41.9 Å². The van der Waals surface area contributed by atoms with Gasteiger partial charge in [0.15, 0.2) is 28.4 Å². The highest BCUT2D eigenvalue weighted by Crippen LogP contribution is 2.40. The van der Waals surface area contributed by atoms with Crippen LogP contribution in [0.5, 0.6) is 0 Å². The van der Waals surface area contributed by atoms with E-state index in [1.54, 1.807) is 10.9 Å². The number of anilines is 1. The van der Waals surface area contributed by atoms with E-state index >= 15 is 0 Å². The van der Waals surface area contributed by atoms with Crippen LogP contribution < -0.4 is 5.32 Å². The molecular weight excluding hydrogens is 433 g/mol. The molecule has 10 heteroatoms. The Labute approximate surface area is 188 Å². The summed E-state index contributed by atoms with van der Waals surface area (Å²) in [5.41, 5.74) is 2.47. The van der Waals surface area contributed by atoms with Gasteiger partial charge in [-0.2, -0.15) is 0 Å². The van der Waals surface area contributed by atoms with Crippen LogP contribution in [0.3, 0.4) is 0 Å². The van der Waals surface area contributed by atoms with E-state index in [1.807, 2.05) is 6.26 Å². The summed E-state index contributed by atoms with van der Waals surface area (Å²) in [5, 5.41) is 25.2. The second-order valence-electron chi connectivity index (χ2n) is 8.66. The van der Waals surface area contributed by atoms with Crippen LogP contribution in [0, 0.1) is 0 Å². The van der Waals surface area contributed by atoms with E-state index in [1.165, 1.54) is 17.3 Å². The fourth-order valence-corrected chi connectivity index (χ4v) is 4.75. The average Bonchev–Trinajstić information content (AvgIpc) is 3.27. The molecule has 1 aliphatic heterocycles. The molecule has 1 aliphatic rings. The van der Waals surface area contributed by atoms with E-state index in [-0.39, 0.29) is 0 Å². The summed E-state index contributed by atoms with van der Waals surface area (Å²) in [5.74, 6) is 0.640. The fourth-order valence-electron chi connectivity index (χ4n) is 3.44. The Hall–Kier alpha value is -1.38. The van der Waals surface area contributed by atoms with Crippen molar-refractivity contribution < 1.29 is 14.9 Å². The molecule has 0 spiro atoms. The third kappa shape index (κ3) is 5.71. The Morgan fingerprint density at radius 1 is 1.35 bits per heavy atom. The summed E-state index contributed by atoms with van der Waals surface area (Å²) < 4.78 is 7.79. The van der Waals surface area contributed by atoms with Crippen LogP contribution in [-0.2, 0) is 4.74 Å². The highest BCUT2D eigenvalue weighted by molar-refractivity contribution is 7.98. The molecule has 8 nitrogen and oxygen atoms in total. The number of allylic oxidation sites excluding steroid dienone is 1. The number of fused-ring (bicyclic) bond motifs is 1.